The molecule has 0 bridgehead atoms. The van der Waals surface area contributed by atoms with Gasteiger partial charge in [-0.1, -0.05) is 13.8 Å². The molecule has 0 amide bonds. The number of pyridine rings is 1. The fraction of sp³-hybridized carbons (Fsp3) is 0.400. The minimum absolute atomic E-state index is 0.00403. The summed E-state index contributed by atoms with van der Waals surface area (Å²) in [7, 11) is 0. The summed E-state index contributed by atoms with van der Waals surface area (Å²) in [5, 5.41) is 8.88. The van der Waals surface area contributed by atoms with Crippen molar-refractivity contribution >= 4 is 11.7 Å². The van der Waals surface area contributed by atoms with Crippen LogP contribution in [0.2, 0.25) is 0 Å². The van der Waals surface area contributed by atoms with E-state index in [4.69, 9.17) is 15.6 Å². The molecule has 5 nitrogen and oxygen atoms in total. The van der Waals surface area contributed by atoms with Gasteiger partial charge in [0.25, 0.3) is 0 Å². The molecule has 0 aliphatic heterocycles. The molecule has 0 saturated heterocycles. The van der Waals surface area contributed by atoms with Gasteiger partial charge in [-0.05, 0) is 12.0 Å². The van der Waals surface area contributed by atoms with Gasteiger partial charge in [-0.2, -0.15) is 0 Å². The molecule has 0 fully saturated rings. The zero-order valence-corrected chi connectivity index (χ0v) is 8.73. The van der Waals surface area contributed by atoms with Gasteiger partial charge in [0.1, 0.15) is 5.56 Å². The summed E-state index contributed by atoms with van der Waals surface area (Å²) in [6, 6.07) is 1.34. The van der Waals surface area contributed by atoms with Crippen molar-refractivity contribution in [1.82, 2.24) is 4.98 Å². The Hall–Kier alpha value is -1.78. The van der Waals surface area contributed by atoms with Crippen LogP contribution in [0.4, 0.5) is 5.69 Å². The largest absolute Gasteiger partial charge is 0.477 e. The first-order valence-corrected chi connectivity index (χ1v) is 4.62. The van der Waals surface area contributed by atoms with Crippen LogP contribution < -0.4 is 10.5 Å². The predicted molar refractivity (Wildman–Crippen MR) is 55.9 cm³/mol. The smallest absolute Gasteiger partial charge is 0.341 e. The maximum atomic E-state index is 10.8. The van der Waals surface area contributed by atoms with E-state index < -0.39 is 5.97 Å². The van der Waals surface area contributed by atoms with Crippen molar-refractivity contribution in [2.24, 2.45) is 5.92 Å². The van der Waals surface area contributed by atoms with Crippen molar-refractivity contribution in [2.45, 2.75) is 13.8 Å². The molecule has 1 heterocycles. The molecule has 0 aromatic carbocycles. The van der Waals surface area contributed by atoms with Crippen LogP contribution in [0.25, 0.3) is 0 Å². The van der Waals surface area contributed by atoms with E-state index in [1.807, 2.05) is 13.8 Å². The van der Waals surface area contributed by atoms with Crippen molar-refractivity contribution < 1.29 is 14.6 Å². The van der Waals surface area contributed by atoms with Crippen LogP contribution in [0, 0.1) is 5.92 Å². The van der Waals surface area contributed by atoms with Gasteiger partial charge in [0.2, 0.25) is 5.88 Å². The molecule has 0 spiro atoms. The first-order chi connectivity index (χ1) is 7.00. The maximum absolute atomic E-state index is 10.8. The number of nitrogens with zero attached hydrogens (tertiary/aromatic N) is 1. The van der Waals surface area contributed by atoms with Crippen LogP contribution in [-0.4, -0.2) is 22.7 Å². The van der Waals surface area contributed by atoms with E-state index in [-0.39, 0.29) is 11.4 Å². The Morgan fingerprint density at radius 3 is 2.87 bits per heavy atom. The lowest BCUT2D eigenvalue weighted by Gasteiger charge is -2.10. The van der Waals surface area contributed by atoms with E-state index >= 15 is 0 Å². The van der Waals surface area contributed by atoms with Gasteiger partial charge in [-0.25, -0.2) is 9.78 Å². The monoisotopic (exact) mass is 210 g/mol. The third-order valence-electron chi connectivity index (χ3n) is 1.66. The Labute approximate surface area is 87.9 Å². The van der Waals surface area contributed by atoms with Crippen LogP contribution in [-0.2, 0) is 0 Å². The summed E-state index contributed by atoms with van der Waals surface area (Å²) in [6.45, 7) is 4.37. The number of hydrogen-bond donors (Lipinski definition) is 2. The van der Waals surface area contributed by atoms with Gasteiger partial charge in [-0.15, -0.1) is 0 Å². The number of carbonyl (C=O) groups is 1. The van der Waals surface area contributed by atoms with Gasteiger partial charge < -0.3 is 15.6 Å². The molecule has 0 radical (unpaired) electrons. The molecule has 0 aliphatic carbocycles. The summed E-state index contributed by atoms with van der Waals surface area (Å²) in [6.07, 6.45) is 1.38. The molecule has 0 saturated carbocycles. The van der Waals surface area contributed by atoms with E-state index in [1.54, 1.807) is 0 Å². The number of carboxylic acid groups (broad SMARTS) is 1. The Bertz CT molecular complexity index is 364. The van der Waals surface area contributed by atoms with Crippen molar-refractivity contribution in [2.75, 3.05) is 12.3 Å². The number of hydrogen-bond acceptors (Lipinski definition) is 4. The highest BCUT2D eigenvalue weighted by Gasteiger charge is 2.13. The van der Waals surface area contributed by atoms with Crippen molar-refractivity contribution in [3.05, 3.63) is 17.8 Å². The molecule has 1 aromatic rings. The van der Waals surface area contributed by atoms with Crippen LogP contribution >= 0.6 is 0 Å². The van der Waals surface area contributed by atoms with Gasteiger partial charge in [0.05, 0.1) is 18.5 Å². The normalized spacial score (nSPS) is 10.3. The second kappa shape index (κ2) is 4.63. The second-order valence-corrected chi connectivity index (χ2v) is 3.63. The second-order valence-electron chi connectivity index (χ2n) is 3.63. The average molecular weight is 210 g/mol. The summed E-state index contributed by atoms with van der Waals surface area (Å²) in [5.74, 6) is -0.662. The summed E-state index contributed by atoms with van der Waals surface area (Å²) >= 11 is 0. The SMILES string of the molecule is CC(C)COc1ncc(N)cc1C(=O)O. The van der Waals surface area contributed by atoms with Crippen LogP contribution in [0.5, 0.6) is 5.88 Å². The molecule has 1 rings (SSSR count). The molecule has 0 atom stereocenters. The van der Waals surface area contributed by atoms with E-state index in [2.05, 4.69) is 4.98 Å². The zero-order valence-electron chi connectivity index (χ0n) is 8.73. The molecular weight excluding hydrogens is 196 g/mol. The lowest BCUT2D eigenvalue weighted by Crippen LogP contribution is -2.10. The summed E-state index contributed by atoms with van der Waals surface area (Å²) in [4.78, 5) is 14.7. The molecular formula is C10H14N2O3. The molecule has 0 unspecified atom stereocenters. The van der Waals surface area contributed by atoms with E-state index in [9.17, 15) is 4.79 Å². The number of anilines is 1. The number of rotatable bonds is 4. The van der Waals surface area contributed by atoms with Crippen molar-refractivity contribution in [3.8, 4) is 5.88 Å². The van der Waals surface area contributed by atoms with Gasteiger partial charge in [0, 0.05) is 0 Å². The Balaban J connectivity index is 2.91. The predicted octanol–water partition coefficient (Wildman–Crippen LogP) is 1.40. The Morgan fingerprint density at radius 2 is 2.33 bits per heavy atom. The van der Waals surface area contributed by atoms with E-state index in [1.165, 1.54) is 12.3 Å². The first kappa shape index (κ1) is 11.3. The summed E-state index contributed by atoms with van der Waals surface area (Å²) < 4.78 is 5.27. The standard InChI is InChI=1S/C10H14N2O3/c1-6(2)5-15-9-8(10(13)14)3-7(11)4-12-9/h3-4,6H,5,11H2,1-2H3,(H,13,14). The quantitative estimate of drug-likeness (QED) is 0.784. The molecule has 15 heavy (non-hydrogen) atoms. The third kappa shape index (κ3) is 3.12. The molecule has 5 heteroatoms. The number of nitrogens with two attached hydrogens (primary N) is 1. The highest BCUT2D eigenvalue weighted by atomic mass is 16.5. The van der Waals surface area contributed by atoms with E-state index in [0.717, 1.165) is 0 Å². The van der Waals surface area contributed by atoms with Crippen LogP contribution in [0.1, 0.15) is 24.2 Å². The van der Waals surface area contributed by atoms with E-state index in [0.29, 0.717) is 18.2 Å². The van der Waals surface area contributed by atoms with Crippen LogP contribution in [0.15, 0.2) is 12.3 Å². The summed E-state index contributed by atoms with van der Waals surface area (Å²) in [5.41, 5.74) is 5.75. The topological polar surface area (TPSA) is 85.4 Å². The first-order valence-electron chi connectivity index (χ1n) is 4.62. The van der Waals surface area contributed by atoms with Gasteiger partial charge >= 0.3 is 5.97 Å². The molecule has 3 N–H and O–H groups in total. The molecule has 0 aliphatic rings. The number of aromatic carboxylic acids is 1. The number of ether oxygens (including phenoxy) is 1. The minimum Gasteiger partial charge on any atom is -0.477 e. The van der Waals surface area contributed by atoms with Crippen molar-refractivity contribution in [1.29, 1.82) is 0 Å². The van der Waals surface area contributed by atoms with Crippen molar-refractivity contribution in [3.63, 3.8) is 0 Å². The molecule has 82 valence electrons. The third-order valence-corrected chi connectivity index (χ3v) is 1.66. The number of aromatic nitrogens is 1. The average Bonchev–Trinajstić information content (AvgIpc) is 2.15. The lowest BCUT2D eigenvalue weighted by molar-refractivity contribution is 0.0690. The maximum Gasteiger partial charge on any atom is 0.341 e. The highest BCUT2D eigenvalue weighted by Crippen LogP contribution is 2.18. The fourth-order valence-electron chi connectivity index (χ4n) is 0.982. The number of nitrogen functional groups attached to an aromatic ring is 1. The lowest BCUT2D eigenvalue weighted by atomic mass is 10.2. The van der Waals surface area contributed by atoms with Gasteiger partial charge in [0.15, 0.2) is 0 Å². The number of carboxylic acids is 1. The zero-order chi connectivity index (χ0) is 11.4. The van der Waals surface area contributed by atoms with Crippen LogP contribution in [0.3, 0.4) is 0 Å². The van der Waals surface area contributed by atoms with Gasteiger partial charge in [-0.3, -0.25) is 0 Å². The Kier molecular flexibility index (Phi) is 3.49. The Morgan fingerprint density at radius 1 is 1.67 bits per heavy atom. The minimum atomic E-state index is -1.09. The highest BCUT2D eigenvalue weighted by molar-refractivity contribution is 5.91. The fourth-order valence-corrected chi connectivity index (χ4v) is 0.982. The molecule has 1 aromatic heterocycles.